The predicted molar refractivity (Wildman–Crippen MR) is 85.6 cm³/mol. The van der Waals surface area contributed by atoms with E-state index >= 15 is 0 Å². The number of aromatic nitrogens is 1. The Morgan fingerprint density at radius 1 is 1.41 bits per heavy atom. The number of carbonyl (C=O) groups is 1. The van der Waals surface area contributed by atoms with Crippen LogP contribution in [0.15, 0.2) is 18.2 Å². The summed E-state index contributed by atoms with van der Waals surface area (Å²) in [5.74, 6) is 0.893. The minimum Gasteiger partial charge on any atom is -0.493 e. The fourth-order valence-electron chi connectivity index (χ4n) is 3.25. The monoisotopic (exact) mass is 314 g/mol. The minimum absolute atomic E-state index is 0.0156. The first-order chi connectivity index (χ1) is 10.7. The third kappa shape index (κ3) is 2.39. The largest absolute Gasteiger partial charge is 0.493 e. The van der Waals surface area contributed by atoms with E-state index in [1.165, 1.54) is 4.88 Å². The highest BCUT2D eigenvalue weighted by Crippen LogP contribution is 2.33. The van der Waals surface area contributed by atoms with Crippen molar-refractivity contribution < 1.29 is 9.53 Å². The van der Waals surface area contributed by atoms with Crippen molar-refractivity contribution in [2.24, 2.45) is 0 Å². The smallest absolute Gasteiger partial charge is 0.251 e. The van der Waals surface area contributed by atoms with Crippen molar-refractivity contribution in [2.45, 2.75) is 38.6 Å². The molecule has 1 atom stereocenters. The number of hydrogen-bond donors (Lipinski definition) is 1. The zero-order chi connectivity index (χ0) is 15.1. The molecule has 4 nitrogen and oxygen atoms in total. The second-order valence-corrected chi connectivity index (χ2v) is 7.17. The van der Waals surface area contributed by atoms with Gasteiger partial charge in [0.25, 0.3) is 5.91 Å². The van der Waals surface area contributed by atoms with E-state index in [0.29, 0.717) is 12.2 Å². The van der Waals surface area contributed by atoms with Crippen molar-refractivity contribution in [1.82, 2.24) is 10.3 Å². The van der Waals surface area contributed by atoms with Gasteiger partial charge >= 0.3 is 0 Å². The van der Waals surface area contributed by atoms with E-state index in [4.69, 9.17) is 4.74 Å². The quantitative estimate of drug-likeness (QED) is 0.926. The molecule has 2 aliphatic rings. The van der Waals surface area contributed by atoms with Gasteiger partial charge in [-0.1, -0.05) is 0 Å². The number of rotatable bonds is 2. The van der Waals surface area contributed by atoms with Crippen molar-refractivity contribution in [2.75, 3.05) is 6.61 Å². The Kier molecular flexibility index (Phi) is 3.37. The molecule has 0 saturated carbocycles. The van der Waals surface area contributed by atoms with Crippen LogP contribution in [0, 0.1) is 6.92 Å². The van der Waals surface area contributed by atoms with Gasteiger partial charge in [0.1, 0.15) is 5.75 Å². The molecule has 5 heteroatoms. The molecule has 1 aliphatic heterocycles. The molecule has 2 heterocycles. The van der Waals surface area contributed by atoms with Crippen LogP contribution in [0.1, 0.15) is 50.4 Å². The summed E-state index contributed by atoms with van der Waals surface area (Å²) in [6, 6.07) is 5.74. The Hall–Kier alpha value is -1.88. The molecule has 0 spiro atoms. The molecule has 1 N–H and O–H groups in total. The predicted octanol–water partition coefficient (Wildman–Crippen LogP) is 3.19. The van der Waals surface area contributed by atoms with Crippen LogP contribution in [-0.2, 0) is 12.8 Å². The number of fused-ring (bicyclic) bond motifs is 2. The first-order valence-corrected chi connectivity index (χ1v) is 8.55. The molecule has 1 aromatic carbocycles. The topological polar surface area (TPSA) is 51.2 Å². The second-order valence-electron chi connectivity index (χ2n) is 5.88. The molecule has 0 fully saturated rings. The summed E-state index contributed by atoms with van der Waals surface area (Å²) in [5.41, 5.74) is 2.91. The standard InChI is InChI=1S/C17H18N2O2S/c1-10-18-16-13(3-2-4-15(16)22-10)19-17(20)12-5-6-14-11(9-12)7-8-21-14/h5-6,9,13H,2-4,7-8H2,1H3,(H,19,20)/t13-/m1/s1. The lowest BCUT2D eigenvalue weighted by Crippen LogP contribution is -2.31. The van der Waals surface area contributed by atoms with Crippen molar-refractivity contribution in [3.05, 3.63) is 44.9 Å². The molecular weight excluding hydrogens is 296 g/mol. The Morgan fingerprint density at radius 3 is 3.23 bits per heavy atom. The molecule has 2 aromatic rings. The lowest BCUT2D eigenvalue weighted by molar-refractivity contribution is 0.0932. The highest BCUT2D eigenvalue weighted by Gasteiger charge is 2.26. The van der Waals surface area contributed by atoms with Crippen LogP contribution in [0.25, 0.3) is 0 Å². The van der Waals surface area contributed by atoms with E-state index in [1.807, 2.05) is 25.1 Å². The lowest BCUT2D eigenvalue weighted by atomic mass is 9.97. The van der Waals surface area contributed by atoms with Gasteiger partial charge in [0.05, 0.1) is 23.4 Å². The van der Waals surface area contributed by atoms with E-state index < -0.39 is 0 Å². The number of thiazole rings is 1. The maximum atomic E-state index is 12.6. The Balaban J connectivity index is 1.55. The van der Waals surface area contributed by atoms with Crippen LogP contribution in [0.4, 0.5) is 0 Å². The highest BCUT2D eigenvalue weighted by molar-refractivity contribution is 7.11. The average molecular weight is 314 g/mol. The summed E-state index contributed by atoms with van der Waals surface area (Å²) >= 11 is 1.75. The Morgan fingerprint density at radius 2 is 2.32 bits per heavy atom. The van der Waals surface area contributed by atoms with Crippen LogP contribution in [0.3, 0.4) is 0 Å². The van der Waals surface area contributed by atoms with E-state index in [9.17, 15) is 4.79 Å². The SMILES string of the molecule is Cc1nc2c(s1)CCC[C@H]2NC(=O)c1ccc2c(c1)CCO2. The maximum absolute atomic E-state index is 12.6. The fourth-order valence-corrected chi connectivity index (χ4v) is 4.29. The molecule has 1 amide bonds. The summed E-state index contributed by atoms with van der Waals surface area (Å²) in [5, 5.41) is 4.24. The average Bonchev–Trinajstić information content (AvgIpc) is 3.12. The number of nitrogens with zero attached hydrogens (tertiary/aromatic N) is 1. The van der Waals surface area contributed by atoms with Gasteiger partial charge < -0.3 is 10.1 Å². The number of benzene rings is 1. The first kappa shape index (κ1) is 13.8. The molecule has 0 unspecified atom stereocenters. The van der Waals surface area contributed by atoms with Crippen LogP contribution in [-0.4, -0.2) is 17.5 Å². The third-order valence-electron chi connectivity index (χ3n) is 4.32. The lowest BCUT2D eigenvalue weighted by Gasteiger charge is -2.22. The number of nitrogens with one attached hydrogen (secondary N) is 1. The Labute approximate surface area is 133 Å². The normalized spacial score (nSPS) is 19.2. The van der Waals surface area contributed by atoms with Crippen LogP contribution < -0.4 is 10.1 Å². The maximum Gasteiger partial charge on any atom is 0.251 e. The van der Waals surface area contributed by atoms with E-state index in [2.05, 4.69) is 10.3 Å². The molecule has 0 bridgehead atoms. The zero-order valence-corrected chi connectivity index (χ0v) is 13.3. The molecule has 0 radical (unpaired) electrons. The second kappa shape index (κ2) is 5.39. The van der Waals surface area contributed by atoms with E-state index in [1.54, 1.807) is 11.3 Å². The summed E-state index contributed by atoms with van der Waals surface area (Å²) in [7, 11) is 0. The van der Waals surface area contributed by atoms with Gasteiger partial charge in [-0.2, -0.15) is 0 Å². The minimum atomic E-state index is -0.0156. The van der Waals surface area contributed by atoms with Crippen LogP contribution >= 0.6 is 11.3 Å². The van der Waals surface area contributed by atoms with Crippen LogP contribution in [0.5, 0.6) is 5.75 Å². The molecule has 1 aliphatic carbocycles. The summed E-state index contributed by atoms with van der Waals surface area (Å²) in [6.07, 6.45) is 4.05. The highest BCUT2D eigenvalue weighted by atomic mass is 32.1. The molecular formula is C17H18N2O2S. The molecule has 4 rings (SSSR count). The fraction of sp³-hybridized carbons (Fsp3) is 0.412. The van der Waals surface area contributed by atoms with Crippen molar-refractivity contribution in [3.63, 3.8) is 0 Å². The Bertz CT molecular complexity index is 738. The van der Waals surface area contributed by atoms with Crippen LogP contribution in [0.2, 0.25) is 0 Å². The van der Waals surface area contributed by atoms with Crippen molar-refractivity contribution in [1.29, 1.82) is 0 Å². The van der Waals surface area contributed by atoms with Gasteiger partial charge in [-0.15, -0.1) is 11.3 Å². The number of amides is 1. The number of aryl methyl sites for hydroxylation is 2. The summed E-state index contributed by atoms with van der Waals surface area (Å²) < 4.78 is 5.49. The van der Waals surface area contributed by atoms with Gasteiger partial charge in [0, 0.05) is 16.9 Å². The van der Waals surface area contributed by atoms with E-state index in [0.717, 1.165) is 47.7 Å². The van der Waals surface area contributed by atoms with Gasteiger partial charge in [-0.05, 0) is 49.9 Å². The third-order valence-corrected chi connectivity index (χ3v) is 5.36. The molecule has 1 aromatic heterocycles. The van der Waals surface area contributed by atoms with Crippen molar-refractivity contribution in [3.8, 4) is 5.75 Å². The van der Waals surface area contributed by atoms with E-state index in [-0.39, 0.29) is 11.9 Å². The van der Waals surface area contributed by atoms with Gasteiger partial charge in [-0.25, -0.2) is 4.98 Å². The first-order valence-electron chi connectivity index (χ1n) is 7.73. The number of carbonyl (C=O) groups excluding carboxylic acids is 1. The van der Waals surface area contributed by atoms with Gasteiger partial charge in [0.15, 0.2) is 0 Å². The number of ether oxygens (including phenoxy) is 1. The summed E-state index contributed by atoms with van der Waals surface area (Å²) in [4.78, 5) is 18.5. The molecule has 0 saturated heterocycles. The van der Waals surface area contributed by atoms with Gasteiger partial charge in [-0.3, -0.25) is 4.79 Å². The van der Waals surface area contributed by atoms with Crippen molar-refractivity contribution >= 4 is 17.2 Å². The number of hydrogen-bond acceptors (Lipinski definition) is 4. The molecule has 114 valence electrons. The van der Waals surface area contributed by atoms with Gasteiger partial charge in [0.2, 0.25) is 0 Å². The summed E-state index contributed by atoms with van der Waals surface area (Å²) in [6.45, 7) is 2.74. The zero-order valence-electron chi connectivity index (χ0n) is 12.5. The molecule has 22 heavy (non-hydrogen) atoms.